The van der Waals surface area contributed by atoms with Gasteiger partial charge in [-0.1, -0.05) is 84.7 Å². The number of rotatable bonds is 25. The molecule has 0 aliphatic carbocycles. The molecule has 3 amide bonds. The molecule has 12 nitrogen and oxygen atoms in total. The number of aromatic nitrogens is 1. The van der Waals surface area contributed by atoms with Crippen molar-refractivity contribution in [3.63, 3.8) is 0 Å². The molecule has 2 N–H and O–H groups in total. The van der Waals surface area contributed by atoms with Crippen LogP contribution in [0.1, 0.15) is 121 Å². The number of carbonyl (C=O) groups excluding carboxylic acids is 6. The highest BCUT2D eigenvalue weighted by molar-refractivity contribution is 7.09. The van der Waals surface area contributed by atoms with Crippen molar-refractivity contribution < 1.29 is 33.5 Å². The van der Waals surface area contributed by atoms with Crippen LogP contribution in [0.5, 0.6) is 0 Å². The van der Waals surface area contributed by atoms with E-state index in [9.17, 15) is 28.8 Å². The molecule has 0 aliphatic rings. The van der Waals surface area contributed by atoms with E-state index in [1.54, 1.807) is 36.2 Å². The quantitative estimate of drug-likeness (QED) is 0.0906. The maximum atomic E-state index is 14.6. The van der Waals surface area contributed by atoms with Gasteiger partial charge in [0.15, 0.2) is 6.10 Å². The predicted octanol–water partition coefficient (Wildman–Crippen LogP) is 6.05. The van der Waals surface area contributed by atoms with Gasteiger partial charge in [-0.15, -0.1) is 11.3 Å². The van der Waals surface area contributed by atoms with Gasteiger partial charge in [0.2, 0.25) is 11.8 Å². The maximum absolute atomic E-state index is 14.6. The van der Waals surface area contributed by atoms with E-state index in [4.69, 9.17) is 4.74 Å². The molecule has 2 aromatic rings. The van der Waals surface area contributed by atoms with Gasteiger partial charge in [0, 0.05) is 55.6 Å². The van der Waals surface area contributed by atoms with Crippen molar-refractivity contribution >= 4 is 46.6 Å². The summed E-state index contributed by atoms with van der Waals surface area (Å²) in [5, 5.41) is 7.98. The molecule has 0 saturated carbocycles. The first kappa shape index (κ1) is 47.2. The molecule has 0 bridgehead atoms. The van der Waals surface area contributed by atoms with Crippen LogP contribution in [0.25, 0.3) is 0 Å². The summed E-state index contributed by atoms with van der Waals surface area (Å²) in [7, 11) is 3.61. The zero-order valence-corrected chi connectivity index (χ0v) is 35.5. The van der Waals surface area contributed by atoms with Crippen LogP contribution < -0.4 is 10.6 Å². The minimum Gasteiger partial charge on any atom is -0.455 e. The molecular formula is C42H65N5O7S. The molecule has 1 aromatic heterocycles. The molecule has 306 valence electrons. The van der Waals surface area contributed by atoms with E-state index in [1.807, 2.05) is 71.9 Å². The smallest absolute Gasteiger partial charge is 0.303 e. The fourth-order valence-corrected chi connectivity index (χ4v) is 7.37. The Hall–Kier alpha value is -3.97. The monoisotopic (exact) mass is 783 g/mol. The topological polar surface area (TPSA) is 155 Å². The summed E-state index contributed by atoms with van der Waals surface area (Å²) < 4.78 is 5.84. The summed E-state index contributed by atoms with van der Waals surface area (Å²) in [6, 6.07) is 8.81. The van der Waals surface area contributed by atoms with Gasteiger partial charge in [0.1, 0.15) is 22.3 Å². The number of unbranched alkanes of at least 4 members (excludes halogenated alkanes) is 1. The minimum absolute atomic E-state index is 0.0359. The average Bonchev–Trinajstić information content (AvgIpc) is 3.61. The van der Waals surface area contributed by atoms with Crippen LogP contribution in [-0.2, 0) is 35.1 Å². The normalized spacial score (nSPS) is 14.7. The third-order valence-electron chi connectivity index (χ3n) is 9.99. The second-order valence-electron chi connectivity index (χ2n) is 15.5. The van der Waals surface area contributed by atoms with Crippen LogP contribution in [0.3, 0.4) is 0 Å². The largest absolute Gasteiger partial charge is 0.455 e. The van der Waals surface area contributed by atoms with Gasteiger partial charge in [-0.05, 0) is 57.7 Å². The Morgan fingerprint density at radius 1 is 0.927 bits per heavy atom. The van der Waals surface area contributed by atoms with Gasteiger partial charge < -0.3 is 25.2 Å². The summed E-state index contributed by atoms with van der Waals surface area (Å²) in [4.78, 5) is 87.4. The van der Waals surface area contributed by atoms with Crippen molar-refractivity contribution in [2.24, 2.45) is 23.7 Å². The average molecular weight is 784 g/mol. The molecule has 0 fully saturated rings. The Kier molecular flexibility index (Phi) is 20.4. The number of benzene rings is 1. The highest BCUT2D eigenvalue weighted by atomic mass is 32.1. The van der Waals surface area contributed by atoms with Gasteiger partial charge in [-0.2, -0.15) is 0 Å². The number of likely N-dealkylation sites (N-methyl/N-ethyl adjacent to an activating group) is 1. The number of nitrogens with zero attached hydrogens (tertiary/aromatic N) is 3. The number of thiazole rings is 1. The molecule has 0 radical (unpaired) electrons. The standard InChI is InChI=1S/C42H65N5O7S/c1-11-13-19-43-39(51)25-47(42(53)35(28(5)12-2)22-34(50)24-46(9)10)37(27(3)4)23-38(54-31(8)49)41-45-36(26-55-41)40(52)44-33(20-29(6)30(7)48)21-32-17-15-14-16-18-32/h14-18,26-29,33,35,37-38H,11-13,19-25H2,1-10H3,(H,43,51)(H,44,52)/t28-,29-,33+,35-,37+,38+/m0/s1. The number of ketones is 2. The first-order valence-electron chi connectivity index (χ1n) is 19.7. The third kappa shape index (κ3) is 16.3. The highest BCUT2D eigenvalue weighted by Gasteiger charge is 2.38. The van der Waals surface area contributed by atoms with Crippen molar-refractivity contribution in [3.05, 3.63) is 52.0 Å². The summed E-state index contributed by atoms with van der Waals surface area (Å²) in [6.45, 7) is 15.0. The van der Waals surface area contributed by atoms with Gasteiger partial charge in [0.05, 0.1) is 13.1 Å². The number of hydrogen-bond acceptors (Lipinski definition) is 10. The second kappa shape index (κ2) is 23.8. The second-order valence-corrected chi connectivity index (χ2v) is 16.4. The molecule has 6 atom stereocenters. The molecule has 0 unspecified atom stereocenters. The number of carbonyl (C=O) groups is 6. The fourth-order valence-electron chi connectivity index (χ4n) is 6.53. The van der Waals surface area contributed by atoms with E-state index in [-0.39, 0.29) is 78.8 Å². The zero-order valence-electron chi connectivity index (χ0n) is 34.7. The van der Waals surface area contributed by atoms with Crippen molar-refractivity contribution in [2.75, 3.05) is 33.7 Å². The predicted molar refractivity (Wildman–Crippen MR) is 216 cm³/mol. The van der Waals surface area contributed by atoms with Crippen molar-refractivity contribution in [1.82, 2.24) is 25.4 Å². The van der Waals surface area contributed by atoms with E-state index in [0.717, 1.165) is 18.4 Å². The lowest BCUT2D eigenvalue weighted by Crippen LogP contribution is -2.52. The first-order chi connectivity index (χ1) is 26.0. The molecule has 0 saturated heterocycles. The third-order valence-corrected chi connectivity index (χ3v) is 10.9. The van der Waals surface area contributed by atoms with Crippen LogP contribution in [0, 0.1) is 23.7 Å². The number of nitrogens with one attached hydrogen (secondary N) is 2. The Morgan fingerprint density at radius 2 is 1.60 bits per heavy atom. The number of hydrogen-bond donors (Lipinski definition) is 2. The van der Waals surface area contributed by atoms with Crippen LogP contribution in [0.15, 0.2) is 35.7 Å². The zero-order chi connectivity index (χ0) is 41.2. The number of ether oxygens (including phenoxy) is 1. The van der Waals surface area contributed by atoms with Crippen LogP contribution >= 0.6 is 11.3 Å². The molecule has 0 aliphatic heterocycles. The molecule has 1 aromatic carbocycles. The lowest BCUT2D eigenvalue weighted by atomic mass is 9.84. The van der Waals surface area contributed by atoms with E-state index in [2.05, 4.69) is 15.6 Å². The Morgan fingerprint density at radius 3 is 2.16 bits per heavy atom. The fraction of sp³-hybridized carbons (Fsp3) is 0.643. The Labute approximate surface area is 332 Å². The Balaban J connectivity index is 2.49. The van der Waals surface area contributed by atoms with Crippen molar-refractivity contribution in [1.29, 1.82) is 0 Å². The van der Waals surface area contributed by atoms with E-state index < -0.39 is 29.9 Å². The summed E-state index contributed by atoms with van der Waals surface area (Å²) >= 11 is 1.17. The summed E-state index contributed by atoms with van der Waals surface area (Å²) in [6.07, 6.45) is 2.56. The molecule has 1 heterocycles. The molecule has 13 heteroatoms. The Bertz CT molecular complexity index is 1550. The van der Waals surface area contributed by atoms with Crippen LogP contribution in [0.2, 0.25) is 0 Å². The SMILES string of the molecule is CCCCNC(=O)CN(C(=O)[C@@H](CC(=O)CN(C)C)[C@@H](C)CC)[C@H](C[C@@H](OC(C)=O)c1nc(C(=O)N[C@@H](Cc2ccccc2)C[C@H](C)C(C)=O)cs1)C(C)C. The number of esters is 1. The molecule has 2 rings (SSSR count). The van der Waals surface area contributed by atoms with Crippen molar-refractivity contribution in [2.45, 2.75) is 119 Å². The highest BCUT2D eigenvalue weighted by Crippen LogP contribution is 2.33. The molecule has 0 spiro atoms. The van der Waals surface area contributed by atoms with Gasteiger partial charge in [0.25, 0.3) is 5.91 Å². The van der Waals surface area contributed by atoms with Crippen LogP contribution in [0.4, 0.5) is 0 Å². The minimum atomic E-state index is -0.926. The molecular weight excluding hydrogens is 719 g/mol. The summed E-state index contributed by atoms with van der Waals surface area (Å²) in [5.74, 6) is -2.84. The lowest BCUT2D eigenvalue weighted by Gasteiger charge is -2.38. The van der Waals surface area contributed by atoms with E-state index in [1.165, 1.54) is 18.3 Å². The lowest BCUT2D eigenvalue weighted by molar-refractivity contribution is -0.151. The van der Waals surface area contributed by atoms with Gasteiger partial charge >= 0.3 is 5.97 Å². The summed E-state index contributed by atoms with van der Waals surface area (Å²) in [5.41, 5.74) is 1.17. The van der Waals surface area contributed by atoms with Gasteiger partial charge in [-0.3, -0.25) is 28.8 Å². The van der Waals surface area contributed by atoms with Crippen molar-refractivity contribution in [3.8, 4) is 0 Å². The van der Waals surface area contributed by atoms with E-state index in [0.29, 0.717) is 30.8 Å². The number of amides is 3. The first-order valence-corrected chi connectivity index (χ1v) is 20.6. The van der Waals surface area contributed by atoms with Crippen LogP contribution in [-0.4, -0.2) is 95.9 Å². The maximum Gasteiger partial charge on any atom is 0.303 e. The van der Waals surface area contributed by atoms with Gasteiger partial charge in [-0.25, -0.2) is 4.98 Å². The number of Topliss-reactive ketones (excluding diaryl/α,β-unsaturated/α-hetero) is 2. The van der Waals surface area contributed by atoms with E-state index >= 15 is 0 Å². The molecule has 55 heavy (non-hydrogen) atoms.